The van der Waals surface area contributed by atoms with Crippen LogP contribution in [0.25, 0.3) is 0 Å². The Morgan fingerprint density at radius 1 is 1.42 bits per heavy atom. The monoisotopic (exact) mass is 356 g/mol. The number of benzene rings is 1. The van der Waals surface area contributed by atoms with Crippen molar-refractivity contribution in [1.82, 2.24) is 4.98 Å². The number of thioether (sulfide) groups is 1. The van der Waals surface area contributed by atoms with Gasteiger partial charge in [-0.25, -0.2) is 4.98 Å². The predicted octanol–water partition coefficient (Wildman–Crippen LogP) is 4.47. The molecular weight excluding hydrogens is 348 g/mol. The molecule has 0 saturated heterocycles. The van der Waals surface area contributed by atoms with Crippen LogP contribution >= 0.6 is 39.3 Å². The number of rotatable bonds is 3. The molecule has 2 rings (SSSR count). The minimum atomic E-state index is -0.277. The molecule has 1 amide bonds. The van der Waals surface area contributed by atoms with Crippen LogP contribution in [-0.4, -0.2) is 17.1 Å². The highest BCUT2D eigenvalue weighted by Gasteiger charge is 2.13. The molecule has 0 aliphatic carbocycles. The molecule has 0 radical (unpaired) electrons. The molecule has 0 bridgehead atoms. The number of pyridine rings is 1. The number of carbonyl (C=O) groups excluding carboxylic acids is 1. The predicted molar refractivity (Wildman–Crippen MR) is 83.1 cm³/mol. The van der Waals surface area contributed by atoms with Crippen LogP contribution in [0.2, 0.25) is 5.15 Å². The summed E-state index contributed by atoms with van der Waals surface area (Å²) in [5.41, 5.74) is 1.10. The van der Waals surface area contributed by atoms with Gasteiger partial charge in [-0.05, 0) is 40.4 Å². The summed E-state index contributed by atoms with van der Waals surface area (Å²) in [5, 5.41) is 3.02. The summed E-state index contributed by atoms with van der Waals surface area (Å²) in [6, 6.07) is 9.24. The van der Waals surface area contributed by atoms with Crippen molar-refractivity contribution in [1.29, 1.82) is 0 Å². The van der Waals surface area contributed by atoms with E-state index in [1.807, 2.05) is 30.5 Å². The van der Waals surface area contributed by atoms with E-state index in [4.69, 9.17) is 11.6 Å². The molecule has 0 unspecified atom stereocenters. The number of hydrogen-bond donors (Lipinski definition) is 1. The first kappa shape index (κ1) is 14.4. The van der Waals surface area contributed by atoms with Gasteiger partial charge in [0.05, 0.1) is 11.3 Å². The second kappa shape index (κ2) is 6.41. The number of hydrogen-bond acceptors (Lipinski definition) is 3. The van der Waals surface area contributed by atoms with Gasteiger partial charge >= 0.3 is 0 Å². The highest BCUT2D eigenvalue weighted by molar-refractivity contribution is 9.10. The zero-order chi connectivity index (χ0) is 13.8. The molecule has 6 heteroatoms. The zero-order valence-electron chi connectivity index (χ0n) is 9.98. The number of nitrogens with one attached hydrogen (secondary N) is 1. The molecule has 2 aromatic rings. The van der Waals surface area contributed by atoms with Gasteiger partial charge in [-0.3, -0.25) is 4.79 Å². The summed E-state index contributed by atoms with van der Waals surface area (Å²) in [6.07, 6.45) is 3.51. The van der Waals surface area contributed by atoms with Crippen LogP contribution in [0.1, 0.15) is 10.4 Å². The van der Waals surface area contributed by atoms with E-state index in [1.54, 1.807) is 24.0 Å². The van der Waals surface area contributed by atoms with E-state index in [0.717, 1.165) is 10.6 Å². The van der Waals surface area contributed by atoms with Gasteiger partial charge in [-0.15, -0.1) is 11.8 Å². The number of nitrogens with zero attached hydrogens (tertiary/aromatic N) is 1. The lowest BCUT2D eigenvalue weighted by Gasteiger charge is -2.10. The van der Waals surface area contributed by atoms with Crippen LogP contribution in [0.4, 0.5) is 5.69 Å². The molecule has 1 heterocycles. The average molecular weight is 358 g/mol. The van der Waals surface area contributed by atoms with Gasteiger partial charge in [0, 0.05) is 15.6 Å². The van der Waals surface area contributed by atoms with E-state index in [2.05, 4.69) is 26.2 Å². The van der Waals surface area contributed by atoms with E-state index in [-0.39, 0.29) is 11.1 Å². The molecule has 0 saturated carbocycles. The fraction of sp³-hybridized carbons (Fsp3) is 0.0769. The number of carbonyl (C=O) groups is 1. The summed E-state index contributed by atoms with van der Waals surface area (Å²) < 4.78 is 0.709. The van der Waals surface area contributed by atoms with E-state index < -0.39 is 0 Å². The van der Waals surface area contributed by atoms with E-state index >= 15 is 0 Å². The first-order valence-corrected chi connectivity index (χ1v) is 7.77. The van der Waals surface area contributed by atoms with Crippen LogP contribution in [0.3, 0.4) is 0 Å². The van der Waals surface area contributed by atoms with E-state index in [0.29, 0.717) is 10.0 Å². The minimum Gasteiger partial charge on any atom is -0.321 e. The molecule has 0 fully saturated rings. The molecule has 1 N–H and O–H groups in total. The van der Waals surface area contributed by atoms with Crippen molar-refractivity contribution in [3.8, 4) is 0 Å². The van der Waals surface area contributed by atoms with Crippen molar-refractivity contribution < 1.29 is 4.79 Å². The number of aromatic nitrogens is 1. The third-order valence-corrected chi connectivity index (χ3v) is 3.94. The van der Waals surface area contributed by atoms with E-state index in [9.17, 15) is 4.79 Å². The van der Waals surface area contributed by atoms with Crippen LogP contribution in [0.5, 0.6) is 0 Å². The minimum absolute atomic E-state index is 0.183. The molecule has 98 valence electrons. The van der Waals surface area contributed by atoms with Gasteiger partial charge in [0.2, 0.25) is 0 Å². The van der Waals surface area contributed by atoms with Gasteiger partial charge in [0.25, 0.3) is 5.91 Å². The Kier molecular flexibility index (Phi) is 4.85. The molecular formula is C13H10BrClN2OS. The van der Waals surface area contributed by atoms with Gasteiger partial charge in [0.1, 0.15) is 5.15 Å². The normalized spacial score (nSPS) is 10.3. The summed E-state index contributed by atoms with van der Waals surface area (Å²) in [6.45, 7) is 0. The molecule has 1 aromatic carbocycles. The van der Waals surface area contributed by atoms with E-state index in [1.165, 1.54) is 0 Å². The van der Waals surface area contributed by atoms with Crippen molar-refractivity contribution >= 4 is 50.9 Å². The Hall–Kier alpha value is -1.04. The van der Waals surface area contributed by atoms with Gasteiger partial charge < -0.3 is 5.32 Å². The fourth-order valence-electron chi connectivity index (χ4n) is 1.52. The summed E-state index contributed by atoms with van der Waals surface area (Å²) in [4.78, 5) is 17.1. The third kappa shape index (κ3) is 3.49. The Labute approximate surface area is 128 Å². The first-order valence-electron chi connectivity index (χ1n) is 5.37. The Morgan fingerprint density at radius 3 is 2.89 bits per heavy atom. The Morgan fingerprint density at radius 2 is 2.16 bits per heavy atom. The first-order chi connectivity index (χ1) is 9.11. The SMILES string of the molecule is CSc1ccccc1NC(=O)c1cc(Br)cnc1Cl. The molecule has 0 aliphatic heterocycles. The second-order valence-corrected chi connectivity index (χ2v) is 5.77. The van der Waals surface area contributed by atoms with Gasteiger partial charge in [0.15, 0.2) is 0 Å². The Balaban J connectivity index is 2.28. The molecule has 0 atom stereocenters. The Bertz CT molecular complexity index is 621. The maximum atomic E-state index is 12.2. The summed E-state index contributed by atoms with van der Waals surface area (Å²) >= 11 is 10.8. The number of anilines is 1. The van der Waals surface area contributed by atoms with Crippen LogP contribution in [0, 0.1) is 0 Å². The smallest absolute Gasteiger partial charge is 0.258 e. The molecule has 1 aromatic heterocycles. The molecule has 19 heavy (non-hydrogen) atoms. The standard InChI is InChI=1S/C13H10BrClN2OS/c1-19-11-5-3-2-4-10(11)17-13(18)9-6-8(14)7-16-12(9)15/h2-7H,1H3,(H,17,18). The maximum absolute atomic E-state index is 12.2. The molecule has 0 aliphatic rings. The number of amides is 1. The zero-order valence-corrected chi connectivity index (χ0v) is 13.1. The lowest BCUT2D eigenvalue weighted by molar-refractivity contribution is 0.102. The summed E-state index contributed by atoms with van der Waals surface area (Å²) in [5.74, 6) is -0.277. The van der Waals surface area contributed by atoms with Crippen LogP contribution in [0.15, 0.2) is 45.9 Å². The largest absolute Gasteiger partial charge is 0.321 e. The van der Waals surface area contributed by atoms with Crippen molar-refractivity contribution in [3.63, 3.8) is 0 Å². The highest BCUT2D eigenvalue weighted by Crippen LogP contribution is 2.26. The lowest BCUT2D eigenvalue weighted by atomic mass is 10.2. The average Bonchev–Trinajstić information content (AvgIpc) is 2.42. The lowest BCUT2D eigenvalue weighted by Crippen LogP contribution is -2.13. The number of para-hydroxylation sites is 1. The van der Waals surface area contributed by atoms with Crippen molar-refractivity contribution in [2.45, 2.75) is 4.90 Å². The van der Waals surface area contributed by atoms with Crippen molar-refractivity contribution in [3.05, 3.63) is 51.7 Å². The summed E-state index contributed by atoms with van der Waals surface area (Å²) in [7, 11) is 0. The van der Waals surface area contributed by atoms with Gasteiger partial charge in [-0.1, -0.05) is 23.7 Å². The number of halogens is 2. The van der Waals surface area contributed by atoms with Crippen molar-refractivity contribution in [2.24, 2.45) is 0 Å². The van der Waals surface area contributed by atoms with Crippen LogP contribution in [-0.2, 0) is 0 Å². The second-order valence-electron chi connectivity index (χ2n) is 3.65. The maximum Gasteiger partial charge on any atom is 0.258 e. The molecule has 3 nitrogen and oxygen atoms in total. The fourth-order valence-corrected chi connectivity index (χ4v) is 2.59. The highest BCUT2D eigenvalue weighted by atomic mass is 79.9. The van der Waals surface area contributed by atoms with Crippen molar-refractivity contribution in [2.75, 3.05) is 11.6 Å². The third-order valence-electron chi connectivity index (χ3n) is 2.41. The van der Waals surface area contributed by atoms with Crippen LogP contribution < -0.4 is 5.32 Å². The quantitative estimate of drug-likeness (QED) is 0.651. The van der Waals surface area contributed by atoms with Gasteiger partial charge in [-0.2, -0.15) is 0 Å². The molecule has 0 spiro atoms. The topological polar surface area (TPSA) is 42.0 Å².